The summed E-state index contributed by atoms with van der Waals surface area (Å²) in [6.45, 7) is 8.22. The van der Waals surface area contributed by atoms with Gasteiger partial charge in [0.05, 0.1) is 18.5 Å². The minimum atomic E-state index is -1.49. The molecule has 24 heavy (non-hydrogen) atoms. The van der Waals surface area contributed by atoms with Crippen LogP contribution in [0.25, 0.3) is 5.69 Å². The molecular formula is C18H20N2O3Si. The third-order valence-corrected chi connectivity index (χ3v) is 3.99. The molecule has 6 heteroatoms. The number of methoxy groups -OCH3 is 1. The van der Waals surface area contributed by atoms with E-state index in [1.165, 1.54) is 17.9 Å². The molecule has 0 unspecified atom stereocenters. The number of aryl methyl sites for hydroxylation is 1. The Hall–Kier alpha value is -2.65. The van der Waals surface area contributed by atoms with Crippen LogP contribution in [0.2, 0.25) is 19.6 Å². The Kier molecular flexibility index (Phi) is 5.05. The smallest absolute Gasteiger partial charge is 0.343 e. The van der Waals surface area contributed by atoms with Crippen LogP contribution in [0, 0.1) is 18.4 Å². The topological polar surface area (TPSA) is 61.2 Å². The first kappa shape index (κ1) is 17.7. The molecule has 1 aromatic carbocycles. The second-order valence-corrected chi connectivity index (χ2v) is 11.2. The Balaban J connectivity index is 2.57. The molecule has 5 nitrogen and oxygen atoms in total. The number of hydrogen-bond donors (Lipinski definition) is 0. The number of nitrogens with zero attached hydrogens (tertiary/aromatic N) is 2. The molecule has 0 aliphatic rings. The predicted molar refractivity (Wildman–Crippen MR) is 96.1 cm³/mol. The molecule has 0 aliphatic heterocycles. The van der Waals surface area contributed by atoms with Crippen LogP contribution in [-0.2, 0) is 4.74 Å². The van der Waals surface area contributed by atoms with Gasteiger partial charge in [-0.3, -0.25) is 4.79 Å². The van der Waals surface area contributed by atoms with Gasteiger partial charge in [0.1, 0.15) is 13.6 Å². The highest BCUT2D eigenvalue weighted by Crippen LogP contribution is 2.09. The Morgan fingerprint density at radius 3 is 2.58 bits per heavy atom. The maximum Gasteiger partial charge on any atom is 0.343 e. The molecule has 0 radical (unpaired) electrons. The molecule has 0 saturated carbocycles. The number of rotatable bonds is 2. The van der Waals surface area contributed by atoms with E-state index in [1.807, 2.05) is 12.1 Å². The number of carbonyl (C=O) groups is 1. The molecule has 1 aromatic heterocycles. The van der Waals surface area contributed by atoms with Gasteiger partial charge in [-0.15, -0.1) is 5.54 Å². The van der Waals surface area contributed by atoms with Crippen molar-refractivity contribution in [3.63, 3.8) is 0 Å². The standard InChI is InChI=1S/C18H20N2O3Si/c1-13-11-16(18(22)23-2)17(21)20(19-13)15-8-6-7-14(12-15)9-10-24(3,4)5/h6-8,11-12H,1-5H3. The highest BCUT2D eigenvalue weighted by Gasteiger charge is 2.16. The summed E-state index contributed by atoms with van der Waals surface area (Å²) in [5, 5.41) is 4.23. The number of benzene rings is 1. The fraction of sp³-hybridized carbons (Fsp3) is 0.278. The molecule has 0 bridgehead atoms. The zero-order valence-corrected chi connectivity index (χ0v) is 15.5. The average molecular weight is 340 g/mol. The molecule has 0 aliphatic carbocycles. The molecule has 2 rings (SSSR count). The lowest BCUT2D eigenvalue weighted by atomic mass is 10.2. The van der Waals surface area contributed by atoms with Crippen molar-refractivity contribution in [2.24, 2.45) is 0 Å². The maximum atomic E-state index is 12.5. The summed E-state index contributed by atoms with van der Waals surface area (Å²) in [7, 11) is -0.247. The molecule has 0 atom stereocenters. The van der Waals surface area contributed by atoms with Crippen molar-refractivity contribution in [1.82, 2.24) is 9.78 Å². The van der Waals surface area contributed by atoms with Crippen molar-refractivity contribution in [3.8, 4) is 17.2 Å². The van der Waals surface area contributed by atoms with Crippen LogP contribution < -0.4 is 5.56 Å². The second-order valence-electron chi connectivity index (χ2n) is 6.46. The fourth-order valence-corrected chi connectivity index (χ4v) is 2.54. The van der Waals surface area contributed by atoms with Gasteiger partial charge >= 0.3 is 5.97 Å². The third kappa shape index (κ3) is 4.21. The van der Waals surface area contributed by atoms with Gasteiger partial charge < -0.3 is 4.74 Å². The lowest BCUT2D eigenvalue weighted by Crippen LogP contribution is -2.28. The molecule has 0 saturated heterocycles. The van der Waals surface area contributed by atoms with Crippen LogP contribution in [0.5, 0.6) is 0 Å². The Morgan fingerprint density at radius 2 is 1.96 bits per heavy atom. The molecule has 0 spiro atoms. The quantitative estimate of drug-likeness (QED) is 0.479. The van der Waals surface area contributed by atoms with Gasteiger partial charge in [-0.2, -0.15) is 9.78 Å². The molecule has 0 fully saturated rings. The van der Waals surface area contributed by atoms with E-state index >= 15 is 0 Å². The van der Waals surface area contributed by atoms with Crippen LogP contribution >= 0.6 is 0 Å². The van der Waals surface area contributed by atoms with Crippen molar-refractivity contribution >= 4 is 14.0 Å². The zero-order chi connectivity index (χ0) is 17.9. The van der Waals surface area contributed by atoms with E-state index in [2.05, 4.69) is 40.9 Å². The highest BCUT2D eigenvalue weighted by atomic mass is 28.3. The minimum absolute atomic E-state index is 0.0383. The first-order valence-corrected chi connectivity index (χ1v) is 11.0. The second kappa shape index (κ2) is 6.85. The van der Waals surface area contributed by atoms with Crippen LogP contribution in [0.3, 0.4) is 0 Å². The molecule has 2 aromatic rings. The molecule has 1 heterocycles. The Labute approximate surface area is 142 Å². The number of esters is 1. The normalized spacial score (nSPS) is 10.7. The summed E-state index contributed by atoms with van der Waals surface area (Å²) in [6.07, 6.45) is 0. The molecule has 0 amide bonds. The lowest BCUT2D eigenvalue weighted by molar-refractivity contribution is 0.0597. The lowest BCUT2D eigenvalue weighted by Gasteiger charge is -2.08. The molecular weight excluding hydrogens is 320 g/mol. The van der Waals surface area contributed by atoms with Crippen LogP contribution in [0.4, 0.5) is 0 Å². The summed E-state index contributed by atoms with van der Waals surface area (Å²) in [6, 6.07) is 8.69. The number of aromatic nitrogens is 2. The zero-order valence-electron chi connectivity index (χ0n) is 14.5. The van der Waals surface area contributed by atoms with Gasteiger partial charge in [0, 0.05) is 5.56 Å². The van der Waals surface area contributed by atoms with Gasteiger partial charge in [0.2, 0.25) is 0 Å². The van der Waals surface area contributed by atoms with E-state index in [1.54, 1.807) is 19.1 Å². The largest absolute Gasteiger partial charge is 0.465 e. The molecule has 0 N–H and O–H groups in total. The van der Waals surface area contributed by atoms with Gasteiger partial charge in [0.15, 0.2) is 0 Å². The van der Waals surface area contributed by atoms with Crippen molar-refractivity contribution < 1.29 is 9.53 Å². The van der Waals surface area contributed by atoms with Gasteiger partial charge in [-0.05, 0) is 31.2 Å². The maximum absolute atomic E-state index is 12.5. The summed E-state index contributed by atoms with van der Waals surface area (Å²) in [5.41, 5.74) is 4.66. The minimum Gasteiger partial charge on any atom is -0.465 e. The monoisotopic (exact) mass is 340 g/mol. The van der Waals surface area contributed by atoms with Gasteiger partial charge in [-0.25, -0.2) is 4.79 Å². The van der Waals surface area contributed by atoms with E-state index in [0.717, 1.165) is 5.56 Å². The van der Waals surface area contributed by atoms with E-state index in [0.29, 0.717) is 11.4 Å². The number of ether oxygens (including phenoxy) is 1. The summed E-state index contributed by atoms with van der Waals surface area (Å²) >= 11 is 0. The van der Waals surface area contributed by atoms with E-state index in [-0.39, 0.29) is 5.56 Å². The SMILES string of the molecule is COC(=O)c1cc(C)nn(-c2cccc(C#C[Si](C)(C)C)c2)c1=O. The third-order valence-electron chi connectivity index (χ3n) is 3.11. The van der Waals surface area contributed by atoms with Crippen LogP contribution in [0.15, 0.2) is 35.1 Å². The average Bonchev–Trinajstić information content (AvgIpc) is 2.53. The van der Waals surface area contributed by atoms with Crippen molar-refractivity contribution in [2.75, 3.05) is 7.11 Å². The summed E-state index contributed by atoms with van der Waals surface area (Å²) in [5.74, 6) is 2.48. The van der Waals surface area contributed by atoms with E-state index < -0.39 is 19.6 Å². The predicted octanol–water partition coefficient (Wildman–Crippen LogP) is 2.56. The summed E-state index contributed by atoms with van der Waals surface area (Å²) in [4.78, 5) is 24.3. The first-order chi connectivity index (χ1) is 11.2. The molecule has 124 valence electrons. The van der Waals surface area contributed by atoms with Crippen molar-refractivity contribution in [1.29, 1.82) is 0 Å². The highest BCUT2D eigenvalue weighted by molar-refractivity contribution is 6.83. The fourth-order valence-electron chi connectivity index (χ4n) is 2.02. The van der Waals surface area contributed by atoms with E-state index in [9.17, 15) is 9.59 Å². The Morgan fingerprint density at radius 1 is 1.25 bits per heavy atom. The van der Waals surface area contributed by atoms with Crippen molar-refractivity contribution in [2.45, 2.75) is 26.6 Å². The number of hydrogen-bond acceptors (Lipinski definition) is 4. The van der Waals surface area contributed by atoms with Gasteiger partial charge in [-0.1, -0.05) is 31.6 Å². The van der Waals surface area contributed by atoms with Crippen LogP contribution in [-0.4, -0.2) is 30.9 Å². The summed E-state index contributed by atoms with van der Waals surface area (Å²) < 4.78 is 5.87. The Bertz CT molecular complexity index is 899. The number of carbonyl (C=O) groups excluding carboxylic acids is 1. The van der Waals surface area contributed by atoms with Crippen molar-refractivity contribution in [3.05, 3.63) is 57.5 Å². The van der Waals surface area contributed by atoms with Crippen LogP contribution in [0.1, 0.15) is 21.6 Å². The van der Waals surface area contributed by atoms with E-state index in [4.69, 9.17) is 0 Å². The first-order valence-electron chi connectivity index (χ1n) is 7.54. The van der Waals surface area contributed by atoms with Gasteiger partial charge in [0.25, 0.3) is 5.56 Å².